The lowest BCUT2D eigenvalue weighted by molar-refractivity contribution is -0.116. The Morgan fingerprint density at radius 2 is 1.91 bits per heavy atom. The number of sulfonamides is 1. The van der Waals surface area contributed by atoms with E-state index >= 15 is 0 Å². The minimum absolute atomic E-state index is 0.00627. The zero-order valence-corrected chi connectivity index (χ0v) is 20.4. The number of hydrogen-bond acceptors (Lipinski definition) is 5. The molecule has 0 radical (unpaired) electrons. The second kappa shape index (κ2) is 11.1. The molecule has 0 bridgehead atoms. The molecule has 2 aromatic carbocycles. The number of benzene rings is 2. The van der Waals surface area contributed by atoms with E-state index in [1.54, 1.807) is 12.1 Å². The third kappa shape index (κ3) is 5.84. The first kappa shape index (κ1) is 24.4. The largest absolute Gasteiger partial charge is 0.382 e. The van der Waals surface area contributed by atoms with Gasteiger partial charge in [-0.05, 0) is 74.4 Å². The summed E-state index contributed by atoms with van der Waals surface area (Å²) in [6.45, 7) is 3.91. The number of aromatic nitrogens is 2. The van der Waals surface area contributed by atoms with Crippen molar-refractivity contribution in [3.8, 4) is 0 Å². The maximum atomic E-state index is 12.7. The van der Waals surface area contributed by atoms with E-state index in [-0.39, 0.29) is 23.8 Å². The highest BCUT2D eigenvalue weighted by atomic mass is 32.2. The van der Waals surface area contributed by atoms with Gasteiger partial charge in [0.1, 0.15) is 0 Å². The summed E-state index contributed by atoms with van der Waals surface area (Å²) in [5.74, 6) is 0.162. The fourth-order valence-electron chi connectivity index (χ4n) is 4.31. The minimum Gasteiger partial charge on any atom is -0.382 e. The Hall–Kier alpha value is -2.75. The van der Waals surface area contributed by atoms with Crippen LogP contribution in [0.25, 0.3) is 11.0 Å². The molecule has 3 aromatic rings. The van der Waals surface area contributed by atoms with E-state index in [1.165, 1.54) is 5.56 Å². The van der Waals surface area contributed by atoms with Crippen LogP contribution < -0.4 is 10.0 Å². The quantitative estimate of drug-likeness (QED) is 0.405. The van der Waals surface area contributed by atoms with Crippen molar-refractivity contribution in [2.24, 2.45) is 0 Å². The molecule has 0 saturated heterocycles. The summed E-state index contributed by atoms with van der Waals surface area (Å²) in [6.07, 6.45) is 4.93. The molecule has 0 atom stereocenters. The number of aryl methyl sites for hydroxylation is 3. The molecule has 182 valence electrons. The zero-order chi connectivity index (χ0) is 24.0. The van der Waals surface area contributed by atoms with Crippen molar-refractivity contribution in [2.75, 3.05) is 25.1 Å². The Morgan fingerprint density at radius 1 is 1.12 bits per heavy atom. The number of hydrogen-bond donors (Lipinski definition) is 2. The zero-order valence-electron chi connectivity index (χ0n) is 19.5. The molecule has 1 aromatic heterocycles. The molecule has 1 aliphatic rings. The van der Waals surface area contributed by atoms with Crippen LogP contribution in [0.1, 0.15) is 43.7 Å². The molecular weight excluding hydrogens is 452 g/mol. The lowest BCUT2D eigenvalue weighted by Gasteiger charge is -2.16. The highest BCUT2D eigenvalue weighted by Crippen LogP contribution is 2.24. The maximum absolute atomic E-state index is 12.7. The van der Waals surface area contributed by atoms with Crippen LogP contribution in [0.4, 0.5) is 5.95 Å². The van der Waals surface area contributed by atoms with Gasteiger partial charge in [-0.3, -0.25) is 10.1 Å². The van der Waals surface area contributed by atoms with E-state index in [0.717, 1.165) is 48.7 Å². The molecule has 0 aliphatic heterocycles. The molecule has 0 fully saturated rings. The fourth-order valence-corrected chi connectivity index (χ4v) is 5.39. The van der Waals surface area contributed by atoms with Crippen molar-refractivity contribution >= 4 is 32.9 Å². The third-order valence-corrected chi connectivity index (χ3v) is 7.51. The van der Waals surface area contributed by atoms with Gasteiger partial charge in [-0.25, -0.2) is 18.1 Å². The maximum Gasteiger partial charge on any atom is 0.240 e. The average molecular weight is 485 g/mol. The van der Waals surface area contributed by atoms with E-state index in [0.29, 0.717) is 25.7 Å². The summed E-state index contributed by atoms with van der Waals surface area (Å²) in [5.41, 5.74) is 4.06. The predicted molar refractivity (Wildman–Crippen MR) is 132 cm³/mol. The van der Waals surface area contributed by atoms with Crippen LogP contribution in [0.15, 0.2) is 47.4 Å². The number of fused-ring (bicyclic) bond motifs is 2. The van der Waals surface area contributed by atoms with Crippen molar-refractivity contribution in [2.45, 2.75) is 56.9 Å². The van der Waals surface area contributed by atoms with Gasteiger partial charge in [0.05, 0.1) is 15.9 Å². The van der Waals surface area contributed by atoms with Crippen LogP contribution in [0.3, 0.4) is 0 Å². The standard InChI is InChI=1S/C25H32N4O4S/c1-2-33-17-7-16-29-23-11-6-5-10-22(23)27-25(29)28-24(30)14-15-26-34(31,32)21-13-12-19-8-3-4-9-20(19)18-21/h5-6,10-13,18,26H,2-4,7-9,14-17H2,1H3,(H,27,28,30). The highest BCUT2D eigenvalue weighted by Gasteiger charge is 2.18. The number of carbonyl (C=O) groups is 1. The molecular formula is C25H32N4O4S. The Bertz CT molecular complexity index is 1250. The number of imidazole rings is 1. The van der Waals surface area contributed by atoms with E-state index in [9.17, 15) is 13.2 Å². The molecule has 4 rings (SSSR count). The molecule has 8 nitrogen and oxygen atoms in total. The summed E-state index contributed by atoms with van der Waals surface area (Å²) < 4.78 is 35.4. The second-order valence-electron chi connectivity index (χ2n) is 8.46. The van der Waals surface area contributed by atoms with Gasteiger partial charge in [0, 0.05) is 32.7 Å². The summed E-state index contributed by atoms with van der Waals surface area (Å²) in [4.78, 5) is 17.4. The number of amides is 1. The first-order chi connectivity index (χ1) is 16.5. The van der Waals surface area contributed by atoms with Crippen LogP contribution in [0.5, 0.6) is 0 Å². The molecule has 1 amide bonds. The van der Waals surface area contributed by atoms with Crippen molar-refractivity contribution in [3.63, 3.8) is 0 Å². The Balaban J connectivity index is 1.36. The van der Waals surface area contributed by atoms with Crippen LogP contribution in [0, 0.1) is 0 Å². The van der Waals surface area contributed by atoms with Gasteiger partial charge < -0.3 is 9.30 Å². The molecule has 1 aliphatic carbocycles. The summed E-state index contributed by atoms with van der Waals surface area (Å²) in [5, 5.41) is 2.85. The number of ether oxygens (including phenoxy) is 1. The van der Waals surface area contributed by atoms with Crippen LogP contribution in [-0.2, 0) is 38.9 Å². The van der Waals surface area contributed by atoms with Gasteiger partial charge in [0.15, 0.2) is 0 Å². The van der Waals surface area contributed by atoms with Crippen molar-refractivity contribution in [3.05, 3.63) is 53.6 Å². The summed E-state index contributed by atoms with van der Waals surface area (Å²) >= 11 is 0. The first-order valence-electron chi connectivity index (χ1n) is 11.9. The molecule has 1 heterocycles. The minimum atomic E-state index is -3.67. The summed E-state index contributed by atoms with van der Waals surface area (Å²) in [6, 6.07) is 13.0. The average Bonchev–Trinajstić information content (AvgIpc) is 3.18. The van der Waals surface area contributed by atoms with Crippen molar-refractivity contribution < 1.29 is 17.9 Å². The molecule has 2 N–H and O–H groups in total. The SMILES string of the molecule is CCOCCCn1c(NC(=O)CCNS(=O)(=O)c2ccc3c(c2)CCCC3)nc2ccccc21. The van der Waals surface area contributed by atoms with E-state index in [2.05, 4.69) is 15.0 Å². The van der Waals surface area contributed by atoms with Gasteiger partial charge in [-0.2, -0.15) is 0 Å². The highest BCUT2D eigenvalue weighted by molar-refractivity contribution is 7.89. The topological polar surface area (TPSA) is 102 Å². The third-order valence-electron chi connectivity index (χ3n) is 6.05. The predicted octanol–water partition coefficient (Wildman–Crippen LogP) is 3.65. The van der Waals surface area contributed by atoms with Crippen LogP contribution >= 0.6 is 0 Å². The van der Waals surface area contributed by atoms with Crippen molar-refractivity contribution in [1.82, 2.24) is 14.3 Å². The lowest BCUT2D eigenvalue weighted by atomic mass is 9.92. The van der Waals surface area contributed by atoms with Crippen LogP contribution in [0.2, 0.25) is 0 Å². The van der Waals surface area contributed by atoms with E-state index in [1.807, 2.05) is 41.8 Å². The van der Waals surface area contributed by atoms with Gasteiger partial charge >= 0.3 is 0 Å². The molecule has 0 saturated carbocycles. The first-order valence-corrected chi connectivity index (χ1v) is 13.4. The van der Waals surface area contributed by atoms with Gasteiger partial charge in [0.2, 0.25) is 21.9 Å². The van der Waals surface area contributed by atoms with E-state index < -0.39 is 10.0 Å². The molecule has 0 spiro atoms. The number of rotatable bonds is 11. The number of carbonyl (C=O) groups excluding carboxylic acids is 1. The number of nitrogens with zero attached hydrogens (tertiary/aromatic N) is 2. The lowest BCUT2D eigenvalue weighted by Crippen LogP contribution is -2.28. The van der Waals surface area contributed by atoms with Gasteiger partial charge in [-0.1, -0.05) is 18.2 Å². The Kier molecular flexibility index (Phi) is 7.97. The molecule has 34 heavy (non-hydrogen) atoms. The summed E-state index contributed by atoms with van der Waals surface area (Å²) in [7, 11) is -3.67. The Labute approximate surface area is 200 Å². The van der Waals surface area contributed by atoms with Crippen LogP contribution in [-0.4, -0.2) is 43.6 Å². The molecule has 9 heteroatoms. The number of nitrogens with one attached hydrogen (secondary N) is 2. The molecule has 0 unspecified atom stereocenters. The number of anilines is 1. The second-order valence-corrected chi connectivity index (χ2v) is 10.2. The van der Waals surface area contributed by atoms with Gasteiger partial charge in [0.25, 0.3) is 0 Å². The normalized spacial score (nSPS) is 13.7. The van der Waals surface area contributed by atoms with Crippen molar-refractivity contribution in [1.29, 1.82) is 0 Å². The fraction of sp³-hybridized carbons (Fsp3) is 0.440. The van der Waals surface area contributed by atoms with Gasteiger partial charge in [-0.15, -0.1) is 0 Å². The smallest absolute Gasteiger partial charge is 0.240 e. The monoisotopic (exact) mass is 484 g/mol. The Morgan fingerprint density at radius 3 is 2.74 bits per heavy atom. The van der Waals surface area contributed by atoms with E-state index in [4.69, 9.17) is 4.74 Å². The number of para-hydroxylation sites is 2.